The minimum absolute atomic E-state index is 0.628. The van der Waals surface area contributed by atoms with E-state index in [-0.39, 0.29) is 0 Å². The van der Waals surface area contributed by atoms with Gasteiger partial charge in [0.25, 0.3) is 0 Å². The van der Waals surface area contributed by atoms with Crippen molar-refractivity contribution in [3.8, 4) is 0 Å². The van der Waals surface area contributed by atoms with Crippen molar-refractivity contribution in [2.24, 2.45) is 11.8 Å². The molecule has 0 spiro atoms. The molecule has 0 saturated carbocycles. The first-order chi connectivity index (χ1) is 6.76. The van der Waals surface area contributed by atoms with Crippen LogP contribution >= 0.6 is 0 Å². The number of hydrogen-bond acceptors (Lipinski definition) is 0. The lowest BCUT2D eigenvalue weighted by Gasteiger charge is -2.18. The van der Waals surface area contributed by atoms with Gasteiger partial charge in [-0.25, -0.2) is 0 Å². The molecule has 0 aliphatic rings. The zero-order valence-electron chi connectivity index (χ0n) is 10.8. The van der Waals surface area contributed by atoms with Crippen molar-refractivity contribution in [2.45, 2.75) is 72.6 Å². The third kappa shape index (κ3) is 7.10. The molecule has 0 bridgehead atoms. The van der Waals surface area contributed by atoms with Crippen LogP contribution in [0.1, 0.15) is 74.0 Å². The SMILES string of the molecule is [2H]CC(CCC)C(C)CCCCCC. The third-order valence-corrected chi connectivity index (χ3v) is 2.98. The molecule has 2 unspecified atom stereocenters. The van der Waals surface area contributed by atoms with Gasteiger partial charge in [-0.3, -0.25) is 0 Å². The first kappa shape index (κ1) is 11.1. The van der Waals surface area contributed by atoms with Gasteiger partial charge in [0.1, 0.15) is 0 Å². The van der Waals surface area contributed by atoms with Gasteiger partial charge in [0.15, 0.2) is 0 Å². The molecule has 0 aromatic carbocycles. The van der Waals surface area contributed by atoms with E-state index in [9.17, 15) is 0 Å². The summed E-state index contributed by atoms with van der Waals surface area (Å²) in [5, 5.41) is 0. The molecule has 0 aliphatic carbocycles. The molecule has 0 aromatic rings. The molecule has 0 heteroatoms. The van der Waals surface area contributed by atoms with Crippen LogP contribution in [-0.4, -0.2) is 0 Å². The Morgan fingerprint density at radius 3 is 2.23 bits per heavy atom. The van der Waals surface area contributed by atoms with Crippen LogP contribution in [0, 0.1) is 11.8 Å². The third-order valence-electron chi connectivity index (χ3n) is 2.98. The Labute approximate surface area is 86.5 Å². The van der Waals surface area contributed by atoms with Crippen LogP contribution in [0.3, 0.4) is 0 Å². The molecule has 0 amide bonds. The lowest BCUT2D eigenvalue weighted by atomic mass is 9.88. The standard InChI is InChI=1S/C13H28/c1-5-7-8-9-11-13(4)12(3)10-6-2/h12-13H,5-11H2,1-4H3/i3D. The molecule has 80 valence electrons. The Morgan fingerprint density at radius 2 is 1.69 bits per heavy atom. The van der Waals surface area contributed by atoms with E-state index < -0.39 is 0 Å². The molecule has 2 atom stereocenters. The Balaban J connectivity index is 3.52. The minimum Gasteiger partial charge on any atom is -0.0654 e. The summed E-state index contributed by atoms with van der Waals surface area (Å²) in [6.07, 6.45) is 9.29. The van der Waals surface area contributed by atoms with E-state index >= 15 is 0 Å². The van der Waals surface area contributed by atoms with E-state index in [4.69, 9.17) is 1.37 Å². The van der Waals surface area contributed by atoms with E-state index in [1.165, 1.54) is 44.9 Å². The fourth-order valence-corrected chi connectivity index (χ4v) is 1.78. The number of hydrogen-bond donors (Lipinski definition) is 0. The minimum atomic E-state index is 0.628. The van der Waals surface area contributed by atoms with Gasteiger partial charge in [0, 0.05) is 1.37 Å². The summed E-state index contributed by atoms with van der Waals surface area (Å²) < 4.78 is 7.51. The summed E-state index contributed by atoms with van der Waals surface area (Å²) in [6, 6.07) is 0. The summed E-state index contributed by atoms with van der Waals surface area (Å²) in [6.45, 7) is 7.45. The molecule has 0 fully saturated rings. The maximum Gasteiger partial charge on any atom is 0.0233 e. The van der Waals surface area contributed by atoms with Crippen molar-refractivity contribution in [1.82, 2.24) is 0 Å². The van der Waals surface area contributed by atoms with Gasteiger partial charge >= 0.3 is 0 Å². The molecule has 0 aromatic heterocycles. The van der Waals surface area contributed by atoms with Gasteiger partial charge in [-0.1, -0.05) is 72.6 Å². The average Bonchev–Trinajstić information content (AvgIpc) is 2.20. The average molecular weight is 185 g/mol. The van der Waals surface area contributed by atoms with E-state index in [2.05, 4.69) is 20.8 Å². The second kappa shape index (κ2) is 8.59. The molecular formula is C13H28. The Bertz CT molecular complexity index is 112. The Kier molecular flexibility index (Phi) is 7.32. The highest BCUT2D eigenvalue weighted by atomic mass is 14.2. The van der Waals surface area contributed by atoms with Crippen molar-refractivity contribution in [1.29, 1.82) is 0 Å². The molecule has 13 heavy (non-hydrogen) atoms. The Hall–Kier alpha value is 0. The van der Waals surface area contributed by atoms with Gasteiger partial charge < -0.3 is 0 Å². The van der Waals surface area contributed by atoms with E-state index in [1.54, 1.807) is 0 Å². The fraction of sp³-hybridized carbons (Fsp3) is 1.00. The smallest absolute Gasteiger partial charge is 0.0233 e. The normalized spacial score (nSPS) is 16.7. The fourth-order valence-electron chi connectivity index (χ4n) is 1.78. The zero-order valence-corrected chi connectivity index (χ0v) is 9.81. The molecule has 0 aliphatic heterocycles. The highest BCUT2D eigenvalue weighted by Crippen LogP contribution is 2.22. The second-order valence-corrected chi connectivity index (χ2v) is 4.38. The van der Waals surface area contributed by atoms with Crippen molar-refractivity contribution < 1.29 is 1.37 Å². The van der Waals surface area contributed by atoms with E-state index in [0.717, 1.165) is 5.92 Å². The van der Waals surface area contributed by atoms with Gasteiger partial charge in [-0.2, -0.15) is 0 Å². The van der Waals surface area contributed by atoms with Crippen molar-refractivity contribution in [2.75, 3.05) is 0 Å². The van der Waals surface area contributed by atoms with E-state index in [1.807, 2.05) is 0 Å². The monoisotopic (exact) mass is 185 g/mol. The predicted molar refractivity (Wildman–Crippen MR) is 62.0 cm³/mol. The summed E-state index contributed by atoms with van der Waals surface area (Å²) in [5.74, 6) is 1.42. The second-order valence-electron chi connectivity index (χ2n) is 4.38. The van der Waals surface area contributed by atoms with Crippen molar-refractivity contribution in [3.05, 3.63) is 0 Å². The van der Waals surface area contributed by atoms with Crippen LogP contribution in [-0.2, 0) is 0 Å². The van der Waals surface area contributed by atoms with Gasteiger partial charge in [-0.15, -0.1) is 0 Å². The molecule has 0 N–H and O–H groups in total. The van der Waals surface area contributed by atoms with Crippen LogP contribution in [0.5, 0.6) is 0 Å². The van der Waals surface area contributed by atoms with E-state index in [0.29, 0.717) is 12.8 Å². The topological polar surface area (TPSA) is 0 Å². The number of rotatable bonds is 8. The van der Waals surface area contributed by atoms with Crippen molar-refractivity contribution in [3.63, 3.8) is 0 Å². The Morgan fingerprint density at radius 1 is 0.923 bits per heavy atom. The maximum atomic E-state index is 7.51. The molecular weight excluding hydrogens is 156 g/mol. The summed E-state index contributed by atoms with van der Waals surface area (Å²) in [5.41, 5.74) is 0. The quantitative estimate of drug-likeness (QED) is 0.465. The summed E-state index contributed by atoms with van der Waals surface area (Å²) in [7, 11) is 0. The molecule has 0 heterocycles. The van der Waals surface area contributed by atoms with Crippen LogP contribution in [0.4, 0.5) is 0 Å². The first-order valence-electron chi connectivity index (χ1n) is 6.76. The van der Waals surface area contributed by atoms with Crippen LogP contribution in [0.25, 0.3) is 0 Å². The molecule has 0 radical (unpaired) electrons. The van der Waals surface area contributed by atoms with Crippen LogP contribution in [0.15, 0.2) is 0 Å². The number of unbranched alkanes of at least 4 members (excludes halogenated alkanes) is 3. The van der Waals surface area contributed by atoms with Crippen LogP contribution < -0.4 is 0 Å². The van der Waals surface area contributed by atoms with Crippen molar-refractivity contribution >= 4 is 0 Å². The van der Waals surface area contributed by atoms with Gasteiger partial charge in [0.05, 0.1) is 0 Å². The maximum absolute atomic E-state index is 7.51. The zero-order chi connectivity index (χ0) is 10.8. The molecule has 0 nitrogen and oxygen atoms in total. The highest BCUT2D eigenvalue weighted by molar-refractivity contribution is 4.61. The summed E-state index contributed by atoms with van der Waals surface area (Å²) in [4.78, 5) is 0. The lowest BCUT2D eigenvalue weighted by molar-refractivity contribution is 0.330. The predicted octanol–water partition coefficient (Wildman–Crippen LogP) is 5.03. The largest absolute Gasteiger partial charge is 0.0654 e. The summed E-state index contributed by atoms with van der Waals surface area (Å²) >= 11 is 0. The molecule has 0 rings (SSSR count). The highest BCUT2D eigenvalue weighted by Gasteiger charge is 2.10. The lowest BCUT2D eigenvalue weighted by Crippen LogP contribution is -2.07. The molecule has 0 saturated heterocycles. The van der Waals surface area contributed by atoms with Gasteiger partial charge in [-0.05, 0) is 11.8 Å². The van der Waals surface area contributed by atoms with Gasteiger partial charge in [0.2, 0.25) is 0 Å². The first-order valence-corrected chi connectivity index (χ1v) is 6.05. The van der Waals surface area contributed by atoms with Crippen LogP contribution in [0.2, 0.25) is 0 Å².